The van der Waals surface area contributed by atoms with Gasteiger partial charge in [0.25, 0.3) is 0 Å². The summed E-state index contributed by atoms with van der Waals surface area (Å²) in [6.07, 6.45) is 0. The van der Waals surface area contributed by atoms with Crippen molar-refractivity contribution in [3.63, 3.8) is 0 Å². The lowest BCUT2D eigenvalue weighted by Gasteiger charge is -2.12. The van der Waals surface area contributed by atoms with Crippen LogP contribution in [0.3, 0.4) is 0 Å². The monoisotopic (exact) mass is 359 g/mol. The van der Waals surface area contributed by atoms with Gasteiger partial charge in [0.15, 0.2) is 0 Å². The smallest absolute Gasteiger partial charge is 0.319 e. The molecule has 0 saturated carbocycles. The summed E-state index contributed by atoms with van der Waals surface area (Å²) in [4.78, 5) is 13.9. The fourth-order valence-corrected chi connectivity index (χ4v) is 3.52. The zero-order chi connectivity index (χ0) is 18.1. The minimum Gasteiger partial charge on any atom is -0.337 e. The second-order valence-electron chi connectivity index (χ2n) is 6.10. The van der Waals surface area contributed by atoms with Crippen LogP contribution in [0.25, 0.3) is 0 Å². The minimum atomic E-state index is -0.987. The van der Waals surface area contributed by atoms with Crippen molar-refractivity contribution in [2.45, 2.75) is 11.5 Å². The Morgan fingerprint density at radius 1 is 1.00 bits per heavy atom. The lowest BCUT2D eigenvalue weighted by atomic mass is 10.2. The maximum Gasteiger partial charge on any atom is 0.319 e. The highest BCUT2D eigenvalue weighted by molar-refractivity contribution is 7.83. The summed E-state index contributed by atoms with van der Waals surface area (Å²) in [5, 5.41) is 5.62. The number of amides is 2. The topological polar surface area (TPSA) is 61.4 Å². The third-order valence-corrected chi connectivity index (χ3v) is 4.84. The molecule has 1 atom stereocenters. The molecule has 2 rings (SSSR count). The van der Waals surface area contributed by atoms with E-state index in [4.69, 9.17) is 0 Å². The fraction of sp³-hybridized carbons (Fsp3) is 0.316. The Kier molecular flexibility index (Phi) is 7.63. The Labute approximate surface area is 151 Å². The molecule has 0 aliphatic carbocycles. The number of nitrogens with one attached hydrogen (secondary N) is 2. The van der Waals surface area contributed by atoms with Crippen LogP contribution in [-0.4, -0.2) is 42.3 Å². The Balaban J connectivity index is 1.85. The summed E-state index contributed by atoms with van der Waals surface area (Å²) in [5.74, 6) is 0.996. The summed E-state index contributed by atoms with van der Waals surface area (Å²) in [6.45, 7) is 1.37. The van der Waals surface area contributed by atoms with Gasteiger partial charge in [-0.05, 0) is 37.4 Å². The van der Waals surface area contributed by atoms with Crippen LogP contribution in [0.4, 0.5) is 10.5 Å². The highest BCUT2D eigenvalue weighted by atomic mass is 32.2. The first kappa shape index (κ1) is 19.1. The van der Waals surface area contributed by atoms with E-state index in [-0.39, 0.29) is 6.03 Å². The van der Waals surface area contributed by atoms with Crippen molar-refractivity contribution in [2.24, 2.45) is 0 Å². The van der Waals surface area contributed by atoms with E-state index in [9.17, 15) is 9.00 Å². The molecule has 0 radical (unpaired) electrons. The van der Waals surface area contributed by atoms with Crippen molar-refractivity contribution >= 4 is 22.5 Å². The van der Waals surface area contributed by atoms with E-state index in [1.54, 1.807) is 0 Å². The fourth-order valence-electron chi connectivity index (χ4n) is 2.30. The molecule has 0 saturated heterocycles. The SMILES string of the molecule is CN(C)CCNC(=O)Nc1cccc(C[S@](=O)Cc2ccccc2)c1. The van der Waals surface area contributed by atoms with E-state index < -0.39 is 10.8 Å². The number of carbonyl (C=O) groups is 1. The van der Waals surface area contributed by atoms with Gasteiger partial charge in [0.1, 0.15) is 0 Å². The molecule has 2 amide bonds. The molecule has 0 heterocycles. The Hall–Kier alpha value is -2.18. The van der Waals surface area contributed by atoms with Gasteiger partial charge in [0.05, 0.1) is 0 Å². The number of urea groups is 1. The van der Waals surface area contributed by atoms with Gasteiger partial charge in [-0.3, -0.25) is 4.21 Å². The van der Waals surface area contributed by atoms with Crippen molar-refractivity contribution in [1.82, 2.24) is 10.2 Å². The van der Waals surface area contributed by atoms with Crippen LogP contribution in [0.1, 0.15) is 11.1 Å². The minimum absolute atomic E-state index is 0.232. The van der Waals surface area contributed by atoms with E-state index in [2.05, 4.69) is 10.6 Å². The molecule has 5 nitrogen and oxygen atoms in total. The van der Waals surface area contributed by atoms with E-state index in [1.807, 2.05) is 73.6 Å². The predicted molar refractivity (Wildman–Crippen MR) is 104 cm³/mol. The number of rotatable bonds is 8. The molecule has 0 unspecified atom stereocenters. The quantitative estimate of drug-likeness (QED) is 0.762. The number of hydrogen-bond acceptors (Lipinski definition) is 3. The molecule has 2 aromatic carbocycles. The number of anilines is 1. The normalized spacial score (nSPS) is 12.0. The summed E-state index contributed by atoms with van der Waals surface area (Å²) in [6, 6.07) is 17.1. The van der Waals surface area contributed by atoms with Crippen LogP contribution < -0.4 is 10.6 Å². The van der Waals surface area contributed by atoms with Gasteiger partial charge >= 0.3 is 6.03 Å². The largest absolute Gasteiger partial charge is 0.337 e. The summed E-state index contributed by atoms with van der Waals surface area (Å²) in [7, 11) is 2.93. The average Bonchev–Trinajstić information content (AvgIpc) is 2.55. The summed E-state index contributed by atoms with van der Waals surface area (Å²) >= 11 is 0. The molecule has 0 aromatic heterocycles. The van der Waals surface area contributed by atoms with E-state index in [0.717, 1.165) is 17.7 Å². The van der Waals surface area contributed by atoms with Crippen molar-refractivity contribution in [2.75, 3.05) is 32.5 Å². The van der Waals surface area contributed by atoms with Gasteiger partial charge in [-0.15, -0.1) is 0 Å². The van der Waals surface area contributed by atoms with Crippen LogP contribution in [0.15, 0.2) is 54.6 Å². The first-order chi connectivity index (χ1) is 12.0. The summed E-state index contributed by atoms with van der Waals surface area (Å²) in [5.41, 5.74) is 2.72. The van der Waals surface area contributed by atoms with Gasteiger partial charge in [0.2, 0.25) is 0 Å². The highest BCUT2D eigenvalue weighted by Gasteiger charge is 2.06. The maximum atomic E-state index is 12.3. The second-order valence-corrected chi connectivity index (χ2v) is 7.56. The molecule has 0 fully saturated rings. The highest BCUT2D eigenvalue weighted by Crippen LogP contribution is 2.14. The molecule has 0 aliphatic rings. The van der Waals surface area contributed by atoms with Crippen molar-refractivity contribution in [3.8, 4) is 0 Å². The Morgan fingerprint density at radius 3 is 2.40 bits per heavy atom. The van der Waals surface area contributed by atoms with E-state index in [0.29, 0.717) is 23.7 Å². The van der Waals surface area contributed by atoms with Gasteiger partial charge in [-0.25, -0.2) is 4.79 Å². The zero-order valence-electron chi connectivity index (χ0n) is 14.7. The average molecular weight is 359 g/mol. The van der Waals surface area contributed by atoms with Crippen LogP contribution in [0.2, 0.25) is 0 Å². The van der Waals surface area contributed by atoms with Crippen LogP contribution in [0, 0.1) is 0 Å². The standard InChI is InChI=1S/C19H25N3O2S/c1-22(2)12-11-20-19(23)21-18-10-6-9-17(13-18)15-25(24)14-16-7-4-3-5-8-16/h3-10,13H,11-12,14-15H2,1-2H3,(H2,20,21,23)/t25-/m1/s1. The third-order valence-electron chi connectivity index (χ3n) is 3.53. The molecule has 0 bridgehead atoms. The van der Waals surface area contributed by atoms with Gasteiger partial charge in [0, 0.05) is 41.1 Å². The van der Waals surface area contributed by atoms with Gasteiger partial charge < -0.3 is 15.5 Å². The maximum absolute atomic E-state index is 12.3. The van der Waals surface area contributed by atoms with Gasteiger partial charge in [-0.1, -0.05) is 42.5 Å². The molecule has 2 N–H and O–H groups in total. The molecule has 0 aliphatic heterocycles. The molecule has 134 valence electrons. The van der Waals surface area contributed by atoms with E-state index in [1.165, 1.54) is 0 Å². The third kappa shape index (κ3) is 7.49. The number of nitrogens with zero attached hydrogens (tertiary/aromatic N) is 1. The molecule has 6 heteroatoms. The molecule has 2 aromatic rings. The van der Waals surface area contributed by atoms with Crippen LogP contribution >= 0.6 is 0 Å². The molecular formula is C19H25N3O2S. The van der Waals surface area contributed by atoms with Gasteiger partial charge in [-0.2, -0.15) is 0 Å². The van der Waals surface area contributed by atoms with Crippen molar-refractivity contribution in [3.05, 3.63) is 65.7 Å². The molecule has 25 heavy (non-hydrogen) atoms. The molecule has 0 spiro atoms. The summed E-state index contributed by atoms with van der Waals surface area (Å²) < 4.78 is 12.3. The van der Waals surface area contributed by atoms with Crippen LogP contribution in [0.5, 0.6) is 0 Å². The number of carbonyl (C=O) groups excluding carboxylic acids is 1. The van der Waals surface area contributed by atoms with Crippen LogP contribution in [-0.2, 0) is 22.3 Å². The molecular weight excluding hydrogens is 334 g/mol. The first-order valence-electron chi connectivity index (χ1n) is 8.20. The zero-order valence-corrected chi connectivity index (χ0v) is 15.5. The predicted octanol–water partition coefficient (Wildman–Crippen LogP) is 2.82. The number of likely N-dealkylation sites (N-methyl/N-ethyl adjacent to an activating group) is 1. The second kappa shape index (κ2) is 9.96. The Morgan fingerprint density at radius 2 is 1.68 bits per heavy atom. The lowest BCUT2D eigenvalue weighted by molar-refractivity contribution is 0.250. The van der Waals surface area contributed by atoms with Crippen molar-refractivity contribution in [1.29, 1.82) is 0 Å². The lowest BCUT2D eigenvalue weighted by Crippen LogP contribution is -2.34. The Bertz CT molecular complexity index is 705. The van der Waals surface area contributed by atoms with Crippen molar-refractivity contribution < 1.29 is 9.00 Å². The van der Waals surface area contributed by atoms with E-state index >= 15 is 0 Å². The first-order valence-corrected chi connectivity index (χ1v) is 9.69. The number of benzene rings is 2. The number of hydrogen-bond donors (Lipinski definition) is 2.